The van der Waals surface area contributed by atoms with Gasteiger partial charge in [-0.05, 0) is 54.0 Å². The summed E-state index contributed by atoms with van der Waals surface area (Å²) in [5, 5.41) is 4.92. The molecule has 5 nitrogen and oxygen atoms in total. The van der Waals surface area contributed by atoms with Gasteiger partial charge in [0.25, 0.3) is 11.8 Å². The zero-order chi connectivity index (χ0) is 19.7. The van der Waals surface area contributed by atoms with Crippen LogP contribution in [0.15, 0.2) is 36.4 Å². The van der Waals surface area contributed by atoms with E-state index < -0.39 is 0 Å². The fraction of sp³-hybridized carbons (Fsp3) is 0.478. The Balaban J connectivity index is 1.60. The van der Waals surface area contributed by atoms with E-state index in [1.807, 2.05) is 41.3 Å². The van der Waals surface area contributed by atoms with E-state index in [-0.39, 0.29) is 18.4 Å². The maximum absolute atomic E-state index is 13.3. The van der Waals surface area contributed by atoms with Crippen molar-refractivity contribution in [3.63, 3.8) is 0 Å². The van der Waals surface area contributed by atoms with Crippen LogP contribution in [0.5, 0.6) is 5.75 Å². The molecule has 4 rings (SSSR count). The molecule has 0 aromatic heterocycles. The van der Waals surface area contributed by atoms with Crippen LogP contribution >= 0.6 is 0 Å². The predicted molar refractivity (Wildman–Crippen MR) is 109 cm³/mol. The smallest absolute Gasteiger partial charge is 0.258 e. The number of nitrogens with zero attached hydrogens (tertiary/aromatic N) is 1. The maximum atomic E-state index is 13.3. The van der Waals surface area contributed by atoms with E-state index in [1.54, 1.807) is 0 Å². The van der Waals surface area contributed by atoms with Crippen LogP contribution in [0.25, 0.3) is 10.8 Å². The molecule has 2 aliphatic rings. The van der Waals surface area contributed by atoms with Crippen LogP contribution in [0.2, 0.25) is 0 Å². The topological polar surface area (TPSA) is 58.6 Å². The van der Waals surface area contributed by atoms with Crippen molar-refractivity contribution in [3.05, 3.63) is 42.0 Å². The van der Waals surface area contributed by atoms with Gasteiger partial charge < -0.3 is 15.0 Å². The minimum Gasteiger partial charge on any atom is -0.483 e. The molecule has 1 saturated heterocycles. The first-order valence-electron chi connectivity index (χ1n) is 10.2. The first kappa shape index (κ1) is 18.8. The van der Waals surface area contributed by atoms with Crippen LogP contribution in [0, 0.1) is 11.8 Å². The van der Waals surface area contributed by atoms with Crippen LogP contribution in [0.1, 0.15) is 43.5 Å². The highest BCUT2D eigenvalue weighted by Crippen LogP contribution is 2.30. The summed E-state index contributed by atoms with van der Waals surface area (Å²) in [4.78, 5) is 27.3. The van der Waals surface area contributed by atoms with Crippen molar-refractivity contribution in [1.82, 2.24) is 10.2 Å². The molecule has 5 heteroatoms. The molecule has 2 unspecified atom stereocenters. The van der Waals surface area contributed by atoms with Gasteiger partial charge in [-0.3, -0.25) is 9.59 Å². The van der Waals surface area contributed by atoms with Gasteiger partial charge in [-0.25, -0.2) is 0 Å². The third-order valence-electron chi connectivity index (χ3n) is 5.54. The third-order valence-corrected chi connectivity index (χ3v) is 5.54. The highest BCUT2D eigenvalue weighted by Gasteiger charge is 2.28. The van der Waals surface area contributed by atoms with Gasteiger partial charge in [0.2, 0.25) is 0 Å². The van der Waals surface area contributed by atoms with Crippen LogP contribution in [-0.2, 0) is 4.79 Å². The van der Waals surface area contributed by atoms with Gasteiger partial charge in [0.1, 0.15) is 5.75 Å². The van der Waals surface area contributed by atoms with E-state index in [0.717, 1.165) is 43.1 Å². The SMILES string of the molecule is CC1CC(C)CN(C(=O)c2cc3ccccc3cc2OCC(=O)NC2CC2)C1. The molecular formula is C23H28N2O3. The molecule has 0 radical (unpaired) electrons. The van der Waals surface area contributed by atoms with Crippen LogP contribution in [0.3, 0.4) is 0 Å². The number of rotatable bonds is 5. The number of carbonyl (C=O) groups excluding carboxylic acids is 2. The van der Waals surface area contributed by atoms with Crippen molar-refractivity contribution in [2.75, 3.05) is 19.7 Å². The second-order valence-electron chi connectivity index (χ2n) is 8.48. The first-order chi connectivity index (χ1) is 13.5. The molecule has 1 heterocycles. The summed E-state index contributed by atoms with van der Waals surface area (Å²) in [6.07, 6.45) is 3.22. The second-order valence-corrected chi connectivity index (χ2v) is 8.48. The Labute approximate surface area is 166 Å². The summed E-state index contributed by atoms with van der Waals surface area (Å²) in [5.74, 6) is 1.32. The minimum atomic E-state index is -0.130. The maximum Gasteiger partial charge on any atom is 0.258 e. The molecule has 0 bridgehead atoms. The Bertz CT molecular complexity index is 881. The van der Waals surface area contributed by atoms with Crippen molar-refractivity contribution in [3.8, 4) is 5.75 Å². The lowest BCUT2D eigenvalue weighted by Gasteiger charge is -2.35. The van der Waals surface area contributed by atoms with Crippen molar-refractivity contribution in [1.29, 1.82) is 0 Å². The van der Waals surface area contributed by atoms with Gasteiger partial charge in [0.15, 0.2) is 6.61 Å². The van der Waals surface area contributed by atoms with E-state index in [0.29, 0.717) is 29.2 Å². The average Bonchev–Trinajstić information content (AvgIpc) is 3.48. The lowest BCUT2D eigenvalue weighted by Crippen LogP contribution is -2.42. The van der Waals surface area contributed by atoms with Gasteiger partial charge in [-0.15, -0.1) is 0 Å². The zero-order valence-electron chi connectivity index (χ0n) is 16.6. The number of likely N-dealkylation sites (tertiary alicyclic amines) is 1. The number of hydrogen-bond donors (Lipinski definition) is 1. The Morgan fingerprint density at radius 1 is 1.07 bits per heavy atom. The van der Waals surface area contributed by atoms with E-state index in [4.69, 9.17) is 4.74 Å². The number of benzene rings is 2. The van der Waals surface area contributed by atoms with E-state index in [9.17, 15) is 9.59 Å². The molecule has 0 spiro atoms. The summed E-state index contributed by atoms with van der Waals surface area (Å²) in [7, 11) is 0. The largest absolute Gasteiger partial charge is 0.483 e. The van der Waals surface area contributed by atoms with Gasteiger partial charge in [-0.2, -0.15) is 0 Å². The van der Waals surface area contributed by atoms with Gasteiger partial charge >= 0.3 is 0 Å². The number of piperidine rings is 1. The number of nitrogens with one attached hydrogen (secondary N) is 1. The van der Waals surface area contributed by atoms with E-state index in [2.05, 4.69) is 19.2 Å². The molecule has 2 aromatic carbocycles. The third kappa shape index (κ3) is 4.29. The number of ether oxygens (including phenoxy) is 1. The Kier molecular flexibility index (Phi) is 5.25. The van der Waals surface area contributed by atoms with Crippen LogP contribution in [0.4, 0.5) is 0 Å². The van der Waals surface area contributed by atoms with Crippen LogP contribution in [-0.4, -0.2) is 42.5 Å². The summed E-state index contributed by atoms with van der Waals surface area (Å²) in [6.45, 7) is 5.84. The molecule has 1 aliphatic heterocycles. The first-order valence-corrected chi connectivity index (χ1v) is 10.2. The average molecular weight is 380 g/mol. The van der Waals surface area contributed by atoms with Gasteiger partial charge in [-0.1, -0.05) is 38.1 Å². The fourth-order valence-corrected chi connectivity index (χ4v) is 4.15. The molecule has 1 saturated carbocycles. The van der Waals surface area contributed by atoms with E-state index in [1.165, 1.54) is 0 Å². The quantitative estimate of drug-likeness (QED) is 0.862. The minimum absolute atomic E-state index is 0.0123. The van der Waals surface area contributed by atoms with Crippen molar-refractivity contribution < 1.29 is 14.3 Å². The second kappa shape index (κ2) is 7.82. The normalized spacial score (nSPS) is 22.1. The summed E-state index contributed by atoms with van der Waals surface area (Å²) in [6, 6.07) is 12.0. The van der Waals surface area contributed by atoms with Gasteiger partial charge in [0.05, 0.1) is 5.56 Å². The lowest BCUT2D eigenvalue weighted by atomic mass is 9.91. The number of fused-ring (bicyclic) bond motifs is 1. The standard InChI is InChI=1S/C23H28N2O3/c1-15-9-16(2)13-25(12-15)23(27)20-10-17-5-3-4-6-18(17)11-21(20)28-14-22(26)24-19-7-8-19/h3-6,10-11,15-16,19H,7-9,12-14H2,1-2H3,(H,24,26). The van der Waals surface area contributed by atoms with Gasteiger partial charge in [0, 0.05) is 19.1 Å². The molecule has 2 fully saturated rings. The van der Waals surface area contributed by atoms with E-state index >= 15 is 0 Å². The summed E-state index contributed by atoms with van der Waals surface area (Å²) in [5.41, 5.74) is 0.541. The highest BCUT2D eigenvalue weighted by atomic mass is 16.5. The highest BCUT2D eigenvalue weighted by molar-refractivity contribution is 6.01. The Morgan fingerprint density at radius 3 is 2.36 bits per heavy atom. The monoisotopic (exact) mass is 380 g/mol. The fourth-order valence-electron chi connectivity index (χ4n) is 4.15. The lowest BCUT2D eigenvalue weighted by molar-refractivity contribution is -0.123. The molecular weight excluding hydrogens is 352 g/mol. The summed E-state index contributed by atoms with van der Waals surface area (Å²) >= 11 is 0. The number of hydrogen-bond acceptors (Lipinski definition) is 3. The number of carbonyl (C=O) groups is 2. The summed E-state index contributed by atoms with van der Waals surface area (Å²) < 4.78 is 5.84. The molecule has 1 aliphatic carbocycles. The molecule has 2 atom stereocenters. The molecule has 28 heavy (non-hydrogen) atoms. The zero-order valence-corrected chi connectivity index (χ0v) is 16.6. The Hall–Kier alpha value is -2.56. The molecule has 2 amide bonds. The molecule has 2 aromatic rings. The predicted octanol–water partition coefficient (Wildman–Crippen LogP) is 3.62. The number of amides is 2. The van der Waals surface area contributed by atoms with Crippen molar-refractivity contribution in [2.45, 2.75) is 39.2 Å². The molecule has 1 N–H and O–H groups in total. The van der Waals surface area contributed by atoms with Crippen molar-refractivity contribution in [2.24, 2.45) is 11.8 Å². The Morgan fingerprint density at radius 2 is 1.71 bits per heavy atom. The van der Waals surface area contributed by atoms with Crippen LogP contribution < -0.4 is 10.1 Å². The molecule has 148 valence electrons. The van der Waals surface area contributed by atoms with Crippen molar-refractivity contribution >= 4 is 22.6 Å².